The third-order valence-corrected chi connectivity index (χ3v) is 12.5. The van der Waals surface area contributed by atoms with Crippen LogP contribution in [-0.2, 0) is 0 Å². The van der Waals surface area contributed by atoms with Gasteiger partial charge in [0.1, 0.15) is 118 Å². The van der Waals surface area contributed by atoms with Crippen LogP contribution in [0, 0.1) is 0 Å². The molecule has 8 aromatic carbocycles. The Bertz CT molecular complexity index is 3700. The SMILES string of the molecule is [B]c1ccc(-c2cccc(-n3c4c([B])cc([B])c([B])c4c4c([B])c(-c5cc([B])c6c(c5[B])c5c([B])c([B])cc([B])c5n6-c5ccc([B])c(-c6ccc([B])cc6)c5[B])cc([B])c43)c2[B])cc1. The molecule has 10 rings (SSSR count). The van der Waals surface area contributed by atoms with Crippen molar-refractivity contribution in [3.8, 4) is 44.8 Å². The fourth-order valence-corrected chi connectivity index (χ4v) is 9.46. The van der Waals surface area contributed by atoms with E-state index < -0.39 is 0 Å². The van der Waals surface area contributed by atoms with Crippen molar-refractivity contribution < 1.29 is 0 Å². The van der Waals surface area contributed by atoms with Crippen molar-refractivity contribution in [2.45, 2.75) is 0 Å². The van der Waals surface area contributed by atoms with Crippen LogP contribution < -0.4 is 81.9 Å². The van der Waals surface area contributed by atoms with Gasteiger partial charge in [-0.2, -0.15) is 0 Å². The first-order valence-corrected chi connectivity index (χ1v) is 20.3. The number of fused-ring (bicyclic) bond motifs is 6. The van der Waals surface area contributed by atoms with Gasteiger partial charge in [0.05, 0.1) is 0 Å². The first-order valence-electron chi connectivity index (χ1n) is 20.3. The molecule has 2 aromatic heterocycles. The van der Waals surface area contributed by atoms with Crippen LogP contribution >= 0.6 is 0 Å². The fourth-order valence-electron chi connectivity index (χ4n) is 9.46. The highest BCUT2D eigenvalue weighted by Crippen LogP contribution is 2.34. The summed E-state index contributed by atoms with van der Waals surface area (Å²) in [5.74, 6) is 0. The molecule has 0 amide bonds. The zero-order valence-corrected chi connectivity index (χ0v) is 34.9. The number of aromatic nitrogens is 2. The molecule has 2 heterocycles. The van der Waals surface area contributed by atoms with E-state index in [9.17, 15) is 0 Å². The Morgan fingerprint density at radius 1 is 0.277 bits per heavy atom. The molecule has 0 spiro atoms. The van der Waals surface area contributed by atoms with E-state index in [1.165, 1.54) is 0 Å². The van der Waals surface area contributed by atoms with Crippen molar-refractivity contribution in [2.24, 2.45) is 0 Å². The van der Waals surface area contributed by atoms with Crippen LogP contribution in [0.1, 0.15) is 0 Å². The highest BCUT2D eigenvalue weighted by molar-refractivity contribution is 6.63. The Morgan fingerprint density at radius 3 is 1.14 bits per heavy atom. The topological polar surface area (TPSA) is 9.86 Å². The second-order valence-electron chi connectivity index (χ2n) is 16.3. The molecular formula is C48H17B15N2. The molecule has 0 aliphatic carbocycles. The number of hydrogen-bond acceptors (Lipinski definition) is 0. The Kier molecular flexibility index (Phi) is 10.5. The molecule has 0 aliphatic rings. The summed E-state index contributed by atoms with van der Waals surface area (Å²) in [6, 6.07) is 30.4. The number of nitrogens with zero attached hydrogens (tertiary/aromatic N) is 2. The lowest BCUT2D eigenvalue weighted by atomic mass is 9.70. The quantitative estimate of drug-likeness (QED) is 0.155. The van der Waals surface area contributed by atoms with E-state index in [1.54, 1.807) is 48.5 Å². The number of hydrogen-bond donors (Lipinski definition) is 0. The van der Waals surface area contributed by atoms with Gasteiger partial charge in [-0.1, -0.05) is 162 Å². The predicted octanol–water partition coefficient (Wildman–Crippen LogP) is -5.21. The van der Waals surface area contributed by atoms with Gasteiger partial charge in [0.25, 0.3) is 0 Å². The molecule has 17 heteroatoms. The van der Waals surface area contributed by atoms with Gasteiger partial charge in [0.2, 0.25) is 0 Å². The van der Waals surface area contributed by atoms with Crippen LogP contribution in [0.2, 0.25) is 0 Å². The highest BCUT2D eigenvalue weighted by atomic mass is 15.0. The summed E-state index contributed by atoms with van der Waals surface area (Å²) in [4.78, 5) is 0. The molecule has 0 bridgehead atoms. The molecule has 0 saturated carbocycles. The van der Waals surface area contributed by atoms with Crippen LogP contribution in [0.5, 0.6) is 0 Å². The summed E-state index contributed by atoms with van der Waals surface area (Å²) in [5, 5.41) is 1.81. The maximum Gasteiger partial charge on any atom is 0.117 e. The lowest BCUT2D eigenvalue weighted by Crippen LogP contribution is -2.32. The second-order valence-corrected chi connectivity index (χ2v) is 16.3. The van der Waals surface area contributed by atoms with Gasteiger partial charge >= 0.3 is 0 Å². The molecule has 264 valence electrons. The standard InChI is InChI=1S/C48H17B15N2/c49-20-8-4-18(5-9-20)22-2-1-3-32(39(22)58)64-45-28(54)14-23(40(59)35(45)37-42(61)26(52)16-30(56)47(37)64)24-15-29(55)46-36(41(24)60)38-43(62)27(53)17-31(57)48(38)65(46)33-13-12-25(51)34(44(33)63)19-6-10-21(50)11-7-19/h1-17H. The van der Waals surface area contributed by atoms with Crippen molar-refractivity contribution in [3.05, 3.63) is 103 Å². The molecule has 10 aromatic rings. The van der Waals surface area contributed by atoms with E-state index >= 15 is 0 Å². The second kappa shape index (κ2) is 15.8. The maximum absolute atomic E-state index is 7.34. The third kappa shape index (κ3) is 6.46. The first kappa shape index (κ1) is 43.2. The molecule has 0 saturated heterocycles. The predicted molar refractivity (Wildman–Crippen MR) is 292 cm³/mol. The molecule has 0 aliphatic heterocycles. The summed E-state index contributed by atoms with van der Waals surface area (Å²) in [5.41, 5.74) is 11.7. The van der Waals surface area contributed by atoms with Crippen molar-refractivity contribution in [1.29, 1.82) is 0 Å². The zero-order chi connectivity index (χ0) is 46.1. The minimum absolute atomic E-state index is 0.220. The molecule has 0 atom stereocenters. The van der Waals surface area contributed by atoms with E-state index in [0.29, 0.717) is 104 Å². The molecule has 0 fully saturated rings. The molecule has 30 radical (unpaired) electrons. The van der Waals surface area contributed by atoms with Crippen molar-refractivity contribution in [3.63, 3.8) is 0 Å². The fraction of sp³-hybridized carbons (Fsp3) is 0. The van der Waals surface area contributed by atoms with Crippen LogP contribution in [0.25, 0.3) is 88.4 Å². The smallest absolute Gasteiger partial charge is 0.117 e. The molecule has 2 nitrogen and oxygen atoms in total. The van der Waals surface area contributed by atoms with Gasteiger partial charge in [-0.25, -0.2) is 0 Å². The molecular weight excluding hydrogens is 767 g/mol. The summed E-state index contributed by atoms with van der Waals surface area (Å²) < 4.78 is 3.68. The van der Waals surface area contributed by atoms with E-state index in [0.717, 1.165) is 16.7 Å². The molecule has 0 N–H and O–H groups in total. The highest BCUT2D eigenvalue weighted by Gasteiger charge is 2.26. The van der Waals surface area contributed by atoms with Crippen LogP contribution in [-0.4, -0.2) is 127 Å². The normalized spacial score (nSPS) is 11.7. The molecule has 0 unspecified atom stereocenters. The monoisotopic (exact) mass is 786 g/mol. The Balaban J connectivity index is 1.29. The van der Waals surface area contributed by atoms with Gasteiger partial charge in [-0.15, -0.1) is 10.9 Å². The van der Waals surface area contributed by atoms with Gasteiger partial charge in [0, 0.05) is 44.2 Å². The Labute approximate surface area is 398 Å². The van der Waals surface area contributed by atoms with E-state index in [-0.39, 0.29) is 49.2 Å². The summed E-state index contributed by atoms with van der Waals surface area (Å²) in [6.07, 6.45) is 0. The van der Waals surface area contributed by atoms with Crippen LogP contribution in [0.3, 0.4) is 0 Å². The van der Waals surface area contributed by atoms with Crippen molar-refractivity contribution in [1.82, 2.24) is 9.13 Å². The van der Waals surface area contributed by atoms with Crippen molar-refractivity contribution in [2.75, 3.05) is 0 Å². The average Bonchev–Trinajstić information content (AvgIpc) is 3.83. The third-order valence-electron chi connectivity index (χ3n) is 12.5. The number of benzene rings is 8. The van der Waals surface area contributed by atoms with Gasteiger partial charge in [0.15, 0.2) is 0 Å². The van der Waals surface area contributed by atoms with Gasteiger partial charge in [-0.3, -0.25) is 0 Å². The lowest BCUT2D eigenvalue weighted by molar-refractivity contribution is 1.20. The maximum atomic E-state index is 7.34. The van der Waals surface area contributed by atoms with Gasteiger partial charge in [-0.05, 0) is 56.3 Å². The summed E-state index contributed by atoms with van der Waals surface area (Å²) >= 11 is 0. The summed E-state index contributed by atoms with van der Waals surface area (Å²) in [7, 11) is 102. The lowest BCUT2D eigenvalue weighted by Gasteiger charge is -2.21. The van der Waals surface area contributed by atoms with Crippen LogP contribution in [0.15, 0.2) is 103 Å². The van der Waals surface area contributed by atoms with Crippen molar-refractivity contribution >= 4 is 243 Å². The van der Waals surface area contributed by atoms with E-state index in [1.807, 2.05) is 63.7 Å². The number of rotatable bonds is 5. The Hall–Kier alpha value is -5.67. The van der Waals surface area contributed by atoms with Gasteiger partial charge < -0.3 is 9.13 Å². The minimum Gasteiger partial charge on any atom is -0.311 e. The molecule has 65 heavy (non-hydrogen) atoms. The minimum atomic E-state index is 0.220. The largest absolute Gasteiger partial charge is 0.311 e. The Morgan fingerprint density at radius 2 is 0.677 bits per heavy atom. The van der Waals surface area contributed by atoms with E-state index in [4.69, 9.17) is 118 Å². The zero-order valence-electron chi connectivity index (χ0n) is 34.9. The first-order chi connectivity index (χ1) is 31.0. The van der Waals surface area contributed by atoms with Crippen LogP contribution in [0.4, 0.5) is 0 Å². The summed E-state index contributed by atoms with van der Waals surface area (Å²) in [6.45, 7) is 0. The average molecular weight is 784 g/mol. The van der Waals surface area contributed by atoms with E-state index in [2.05, 4.69) is 0 Å².